The number of rotatable bonds is 3. The molecule has 0 unspecified atom stereocenters. The minimum Gasteiger partial charge on any atom is -0.348 e. The Morgan fingerprint density at radius 3 is 2.85 bits per heavy atom. The van der Waals surface area contributed by atoms with Gasteiger partial charge in [0.05, 0.1) is 12.0 Å². The number of nitrogens with one attached hydrogen (secondary N) is 1. The third-order valence-electron chi connectivity index (χ3n) is 3.72. The first kappa shape index (κ1) is 12.8. The Hall–Kier alpha value is -2.17. The van der Waals surface area contributed by atoms with Crippen molar-refractivity contribution in [3.63, 3.8) is 0 Å². The molecule has 0 atom stereocenters. The van der Waals surface area contributed by atoms with Crippen molar-refractivity contribution < 1.29 is 4.79 Å². The molecule has 1 aliphatic carbocycles. The number of nitrogens with zero attached hydrogens (tertiary/aromatic N) is 3. The van der Waals surface area contributed by atoms with Crippen LogP contribution in [0.15, 0.2) is 37.1 Å². The molecule has 5 heteroatoms. The van der Waals surface area contributed by atoms with Crippen molar-refractivity contribution in [2.45, 2.75) is 38.1 Å². The third kappa shape index (κ3) is 2.87. The highest BCUT2D eigenvalue weighted by Crippen LogP contribution is 2.18. The molecule has 104 valence electrons. The monoisotopic (exact) mass is 270 g/mol. The molecule has 0 spiro atoms. The van der Waals surface area contributed by atoms with Gasteiger partial charge in [0.15, 0.2) is 0 Å². The quantitative estimate of drug-likeness (QED) is 0.931. The van der Waals surface area contributed by atoms with E-state index < -0.39 is 0 Å². The van der Waals surface area contributed by atoms with E-state index in [1.807, 2.05) is 16.8 Å². The van der Waals surface area contributed by atoms with Gasteiger partial charge >= 0.3 is 0 Å². The molecule has 1 saturated carbocycles. The van der Waals surface area contributed by atoms with Crippen molar-refractivity contribution in [1.82, 2.24) is 19.9 Å². The van der Waals surface area contributed by atoms with E-state index in [9.17, 15) is 4.79 Å². The smallest absolute Gasteiger partial charge is 0.270 e. The Balaban J connectivity index is 1.73. The molecular weight excluding hydrogens is 252 g/mol. The maximum absolute atomic E-state index is 12.2. The molecule has 0 bridgehead atoms. The van der Waals surface area contributed by atoms with E-state index >= 15 is 0 Å². The van der Waals surface area contributed by atoms with Gasteiger partial charge in [0.2, 0.25) is 0 Å². The van der Waals surface area contributed by atoms with Gasteiger partial charge in [-0.15, -0.1) is 0 Å². The molecule has 20 heavy (non-hydrogen) atoms. The summed E-state index contributed by atoms with van der Waals surface area (Å²) in [4.78, 5) is 20.4. The van der Waals surface area contributed by atoms with Gasteiger partial charge in [-0.25, -0.2) is 4.98 Å². The summed E-state index contributed by atoms with van der Waals surface area (Å²) in [5, 5.41) is 3.08. The molecule has 0 saturated heterocycles. The second kappa shape index (κ2) is 5.86. The zero-order valence-electron chi connectivity index (χ0n) is 11.3. The van der Waals surface area contributed by atoms with E-state index in [1.165, 1.54) is 19.3 Å². The van der Waals surface area contributed by atoms with Gasteiger partial charge in [0.25, 0.3) is 5.91 Å². The number of amides is 1. The minimum atomic E-state index is -0.0844. The summed E-state index contributed by atoms with van der Waals surface area (Å²) in [7, 11) is 0. The molecule has 2 aromatic rings. The number of hydrogen-bond acceptors (Lipinski definition) is 3. The predicted molar refractivity (Wildman–Crippen MR) is 75.7 cm³/mol. The molecular formula is C15H18N4O. The van der Waals surface area contributed by atoms with Crippen molar-refractivity contribution >= 4 is 5.91 Å². The molecule has 1 fully saturated rings. The zero-order chi connectivity index (χ0) is 13.8. The first-order valence-corrected chi connectivity index (χ1v) is 7.08. The van der Waals surface area contributed by atoms with E-state index in [4.69, 9.17) is 0 Å². The maximum atomic E-state index is 12.2. The Bertz CT molecular complexity index is 573. The van der Waals surface area contributed by atoms with Crippen molar-refractivity contribution in [2.75, 3.05) is 0 Å². The van der Waals surface area contributed by atoms with E-state index in [0.717, 1.165) is 18.5 Å². The molecule has 2 aromatic heterocycles. The van der Waals surface area contributed by atoms with E-state index in [-0.39, 0.29) is 5.91 Å². The van der Waals surface area contributed by atoms with Crippen molar-refractivity contribution in [3.05, 3.63) is 42.7 Å². The normalized spacial score (nSPS) is 16.0. The number of pyridine rings is 1. The fourth-order valence-electron chi connectivity index (χ4n) is 2.62. The molecule has 1 aliphatic rings. The Labute approximate surface area is 118 Å². The Kier molecular flexibility index (Phi) is 3.76. The summed E-state index contributed by atoms with van der Waals surface area (Å²) < 4.78 is 1.86. The van der Waals surface area contributed by atoms with E-state index in [0.29, 0.717) is 11.7 Å². The summed E-state index contributed by atoms with van der Waals surface area (Å²) in [6, 6.07) is 3.95. The van der Waals surface area contributed by atoms with E-state index in [1.54, 1.807) is 24.8 Å². The van der Waals surface area contributed by atoms with Crippen molar-refractivity contribution in [1.29, 1.82) is 0 Å². The topological polar surface area (TPSA) is 59.8 Å². The van der Waals surface area contributed by atoms with E-state index in [2.05, 4.69) is 15.3 Å². The third-order valence-corrected chi connectivity index (χ3v) is 3.72. The van der Waals surface area contributed by atoms with Gasteiger partial charge in [0, 0.05) is 24.6 Å². The van der Waals surface area contributed by atoms with Crippen LogP contribution in [0.1, 0.15) is 42.6 Å². The van der Waals surface area contributed by atoms with Crippen LogP contribution in [-0.4, -0.2) is 26.5 Å². The predicted octanol–water partition coefficient (Wildman–Crippen LogP) is 2.33. The van der Waals surface area contributed by atoms with Gasteiger partial charge in [-0.2, -0.15) is 0 Å². The van der Waals surface area contributed by atoms with Crippen LogP contribution >= 0.6 is 0 Å². The van der Waals surface area contributed by atoms with Gasteiger partial charge in [-0.3, -0.25) is 9.78 Å². The van der Waals surface area contributed by atoms with Crippen LogP contribution in [0.4, 0.5) is 0 Å². The number of aromatic nitrogens is 3. The molecule has 0 aliphatic heterocycles. The summed E-state index contributed by atoms with van der Waals surface area (Å²) in [5.41, 5.74) is 1.35. The number of carbonyl (C=O) groups excluding carboxylic acids is 1. The van der Waals surface area contributed by atoms with Gasteiger partial charge in [0.1, 0.15) is 5.69 Å². The highest BCUT2D eigenvalue weighted by molar-refractivity contribution is 5.92. The average molecular weight is 270 g/mol. The van der Waals surface area contributed by atoms with Crippen LogP contribution in [0.25, 0.3) is 5.69 Å². The molecule has 0 radical (unpaired) electrons. The first-order chi connectivity index (χ1) is 9.83. The molecule has 5 nitrogen and oxygen atoms in total. The number of imidazole rings is 1. The highest BCUT2D eigenvalue weighted by Gasteiger charge is 2.17. The van der Waals surface area contributed by atoms with Gasteiger partial charge in [-0.1, -0.05) is 19.3 Å². The van der Waals surface area contributed by atoms with Crippen LogP contribution in [-0.2, 0) is 0 Å². The second-order valence-corrected chi connectivity index (χ2v) is 5.18. The lowest BCUT2D eigenvalue weighted by Crippen LogP contribution is -2.36. The summed E-state index contributed by atoms with van der Waals surface area (Å²) in [6.45, 7) is 0. The Morgan fingerprint density at radius 1 is 1.25 bits per heavy atom. The minimum absolute atomic E-state index is 0.0844. The molecule has 1 amide bonds. The summed E-state index contributed by atoms with van der Waals surface area (Å²) >= 11 is 0. The summed E-state index contributed by atoms with van der Waals surface area (Å²) in [5.74, 6) is -0.0844. The maximum Gasteiger partial charge on any atom is 0.270 e. The van der Waals surface area contributed by atoms with Crippen LogP contribution in [0.2, 0.25) is 0 Å². The average Bonchev–Trinajstić information content (AvgIpc) is 3.03. The lowest BCUT2D eigenvalue weighted by molar-refractivity contribution is 0.0922. The van der Waals surface area contributed by atoms with Crippen molar-refractivity contribution in [2.24, 2.45) is 0 Å². The lowest BCUT2D eigenvalue weighted by atomic mass is 9.95. The fraction of sp³-hybridized carbons (Fsp3) is 0.400. The molecule has 0 aromatic carbocycles. The molecule has 3 rings (SSSR count). The SMILES string of the molecule is O=C(NC1CCCCC1)c1cc(-n2ccnc2)ccn1. The van der Waals surface area contributed by atoms with Gasteiger partial charge < -0.3 is 9.88 Å². The fourth-order valence-corrected chi connectivity index (χ4v) is 2.62. The van der Waals surface area contributed by atoms with Crippen LogP contribution < -0.4 is 5.32 Å². The number of carbonyl (C=O) groups is 1. The second-order valence-electron chi connectivity index (χ2n) is 5.18. The zero-order valence-corrected chi connectivity index (χ0v) is 11.3. The largest absolute Gasteiger partial charge is 0.348 e. The van der Waals surface area contributed by atoms with Crippen LogP contribution in [0, 0.1) is 0 Å². The first-order valence-electron chi connectivity index (χ1n) is 7.08. The van der Waals surface area contributed by atoms with Crippen LogP contribution in [0.5, 0.6) is 0 Å². The number of hydrogen-bond donors (Lipinski definition) is 1. The Morgan fingerprint density at radius 2 is 2.10 bits per heavy atom. The molecule has 2 heterocycles. The highest BCUT2D eigenvalue weighted by atomic mass is 16.1. The molecule has 1 N–H and O–H groups in total. The van der Waals surface area contributed by atoms with Crippen LogP contribution in [0.3, 0.4) is 0 Å². The summed E-state index contributed by atoms with van der Waals surface area (Å²) in [6.07, 6.45) is 12.8. The van der Waals surface area contributed by atoms with Crippen molar-refractivity contribution in [3.8, 4) is 5.69 Å². The standard InChI is InChI=1S/C15H18N4O/c20-15(18-12-4-2-1-3-5-12)14-10-13(6-7-17-14)19-9-8-16-11-19/h6-12H,1-5H2,(H,18,20). The lowest BCUT2D eigenvalue weighted by Gasteiger charge is -2.22. The van der Waals surface area contributed by atoms with Gasteiger partial charge in [-0.05, 0) is 25.0 Å².